The summed E-state index contributed by atoms with van der Waals surface area (Å²) in [5.41, 5.74) is 1.05. The third-order valence-electron chi connectivity index (χ3n) is 3.71. The molecule has 0 aliphatic rings. The van der Waals surface area contributed by atoms with Gasteiger partial charge in [-0.3, -0.25) is 18.7 Å². The molecule has 0 bridgehead atoms. The number of hydrogen-bond donors (Lipinski definition) is 1. The summed E-state index contributed by atoms with van der Waals surface area (Å²) in [7, 11) is 0. The molecule has 0 spiro atoms. The lowest BCUT2D eigenvalue weighted by Gasteiger charge is -2.03. The van der Waals surface area contributed by atoms with Crippen molar-refractivity contribution in [1.82, 2.24) is 19.2 Å². The minimum atomic E-state index is -0.523. The summed E-state index contributed by atoms with van der Waals surface area (Å²) in [6, 6.07) is 7.46. The molecule has 0 unspecified atom stereocenters. The van der Waals surface area contributed by atoms with Crippen LogP contribution in [0, 0.1) is 0 Å². The van der Waals surface area contributed by atoms with Crippen molar-refractivity contribution in [3.8, 4) is 0 Å². The Bertz CT molecular complexity index is 1160. The second-order valence-corrected chi connectivity index (χ2v) is 6.85. The number of amides is 1. The van der Waals surface area contributed by atoms with Gasteiger partial charge in [-0.2, -0.15) is 5.10 Å². The number of fused-ring (bicyclic) bond motifs is 1. The van der Waals surface area contributed by atoms with Gasteiger partial charge in [-0.25, -0.2) is 4.98 Å². The minimum Gasteiger partial charge on any atom is -0.319 e. The lowest BCUT2D eigenvalue weighted by Crippen LogP contribution is -2.25. The highest BCUT2D eigenvalue weighted by Gasteiger charge is 2.14. The molecule has 1 aromatic carbocycles. The number of aromatic nitrogens is 4. The zero-order valence-electron chi connectivity index (χ0n) is 13.3. The lowest BCUT2D eigenvalue weighted by atomic mass is 10.2. The van der Waals surface area contributed by atoms with Crippen LogP contribution in [-0.4, -0.2) is 25.1 Å². The molecule has 130 valence electrons. The van der Waals surface area contributed by atoms with Crippen LogP contribution in [0.5, 0.6) is 0 Å². The Hall–Kier alpha value is -2.97. The van der Waals surface area contributed by atoms with E-state index < -0.39 is 11.5 Å². The minimum absolute atomic E-state index is 0.0245. The Labute approximate surface area is 156 Å². The summed E-state index contributed by atoms with van der Waals surface area (Å²) in [5.74, 6) is -0.523. The molecule has 1 amide bonds. The van der Waals surface area contributed by atoms with Crippen LogP contribution < -0.4 is 10.9 Å². The topological polar surface area (TPSA) is 81.3 Å². The van der Waals surface area contributed by atoms with Crippen molar-refractivity contribution in [1.29, 1.82) is 0 Å². The van der Waals surface area contributed by atoms with Crippen LogP contribution in [0.2, 0.25) is 5.02 Å². The van der Waals surface area contributed by atoms with E-state index in [9.17, 15) is 9.59 Å². The van der Waals surface area contributed by atoms with Gasteiger partial charge >= 0.3 is 0 Å². The van der Waals surface area contributed by atoms with Crippen molar-refractivity contribution in [2.45, 2.75) is 6.54 Å². The van der Waals surface area contributed by atoms with Gasteiger partial charge in [0.1, 0.15) is 5.56 Å². The van der Waals surface area contributed by atoms with Crippen LogP contribution >= 0.6 is 22.9 Å². The van der Waals surface area contributed by atoms with Gasteiger partial charge in [-0.1, -0.05) is 23.7 Å². The molecule has 4 rings (SSSR count). The fourth-order valence-electron chi connectivity index (χ4n) is 2.52. The third-order valence-corrected chi connectivity index (χ3v) is 4.72. The zero-order chi connectivity index (χ0) is 18.1. The van der Waals surface area contributed by atoms with Crippen molar-refractivity contribution in [2.24, 2.45) is 0 Å². The molecule has 3 heterocycles. The molecule has 4 aromatic rings. The van der Waals surface area contributed by atoms with E-state index in [2.05, 4.69) is 15.4 Å². The van der Waals surface area contributed by atoms with Crippen molar-refractivity contribution in [2.75, 3.05) is 5.32 Å². The van der Waals surface area contributed by atoms with Crippen molar-refractivity contribution < 1.29 is 4.79 Å². The second kappa shape index (κ2) is 6.74. The molecule has 9 heteroatoms. The molecule has 0 aliphatic carbocycles. The number of anilines is 1. The fraction of sp³-hybridized carbons (Fsp3) is 0.0588. The largest absolute Gasteiger partial charge is 0.319 e. The van der Waals surface area contributed by atoms with Crippen LogP contribution in [0.1, 0.15) is 15.9 Å². The van der Waals surface area contributed by atoms with E-state index >= 15 is 0 Å². The van der Waals surface area contributed by atoms with Gasteiger partial charge in [0, 0.05) is 29.0 Å². The van der Waals surface area contributed by atoms with E-state index in [4.69, 9.17) is 11.6 Å². The highest BCUT2D eigenvalue weighted by molar-refractivity contribution is 7.15. The first-order chi connectivity index (χ1) is 12.6. The van der Waals surface area contributed by atoms with Crippen LogP contribution in [0.4, 0.5) is 5.69 Å². The Kier molecular flexibility index (Phi) is 4.27. The molecular formula is C17H12ClN5O2S. The third kappa shape index (κ3) is 3.24. The van der Waals surface area contributed by atoms with Gasteiger partial charge in [-0.05, 0) is 17.7 Å². The van der Waals surface area contributed by atoms with E-state index in [1.54, 1.807) is 28.5 Å². The number of benzene rings is 1. The van der Waals surface area contributed by atoms with Crippen LogP contribution in [-0.2, 0) is 6.54 Å². The maximum absolute atomic E-state index is 12.4. The molecule has 7 nitrogen and oxygen atoms in total. The van der Waals surface area contributed by atoms with E-state index in [1.165, 1.54) is 28.1 Å². The maximum atomic E-state index is 12.4. The molecule has 0 aliphatic heterocycles. The smallest absolute Gasteiger partial charge is 0.271 e. The molecule has 3 aromatic heterocycles. The van der Waals surface area contributed by atoms with Crippen LogP contribution in [0.3, 0.4) is 0 Å². The van der Waals surface area contributed by atoms with Crippen LogP contribution in [0.15, 0.2) is 59.2 Å². The average Bonchev–Trinajstić information content (AvgIpc) is 3.25. The molecule has 0 atom stereocenters. The van der Waals surface area contributed by atoms with Gasteiger partial charge in [0.05, 0.1) is 18.4 Å². The molecule has 0 radical (unpaired) electrons. The first kappa shape index (κ1) is 16.5. The first-order valence-corrected chi connectivity index (χ1v) is 8.89. The predicted molar refractivity (Wildman–Crippen MR) is 100 cm³/mol. The van der Waals surface area contributed by atoms with Crippen molar-refractivity contribution >= 4 is 39.5 Å². The number of carbonyl (C=O) groups excluding carboxylic acids is 1. The standard InChI is InChI=1S/C17H12ClN5O2S/c18-12-3-1-2-11(6-12)9-22-10-13(7-20-22)21-15(24)14-8-19-17-23(16(14)25)4-5-26-17/h1-8,10H,9H2,(H,21,24). The average molecular weight is 386 g/mol. The van der Waals surface area contributed by atoms with Crippen LogP contribution in [0.25, 0.3) is 4.96 Å². The number of halogens is 1. The quantitative estimate of drug-likeness (QED) is 0.585. The predicted octanol–water partition coefficient (Wildman–Crippen LogP) is 2.91. The normalized spacial score (nSPS) is 11.0. The number of nitrogens with one attached hydrogen (secondary N) is 1. The monoisotopic (exact) mass is 385 g/mol. The summed E-state index contributed by atoms with van der Waals surface area (Å²) >= 11 is 7.31. The summed E-state index contributed by atoms with van der Waals surface area (Å²) < 4.78 is 3.02. The molecule has 0 saturated carbocycles. The number of rotatable bonds is 4. The molecular weight excluding hydrogens is 374 g/mol. The Morgan fingerprint density at radius 3 is 3.04 bits per heavy atom. The van der Waals surface area contributed by atoms with Gasteiger partial charge in [0.2, 0.25) is 0 Å². The summed E-state index contributed by atoms with van der Waals surface area (Å²) in [4.78, 5) is 29.4. The second-order valence-electron chi connectivity index (χ2n) is 5.54. The van der Waals surface area contributed by atoms with E-state index in [1.807, 2.05) is 18.2 Å². The lowest BCUT2D eigenvalue weighted by molar-refractivity contribution is 0.102. The summed E-state index contributed by atoms with van der Waals surface area (Å²) in [6.45, 7) is 0.515. The number of thiazole rings is 1. The van der Waals surface area contributed by atoms with Crippen molar-refractivity contribution in [3.63, 3.8) is 0 Å². The van der Waals surface area contributed by atoms with E-state index in [0.717, 1.165) is 5.56 Å². The first-order valence-electron chi connectivity index (χ1n) is 7.63. The van der Waals surface area contributed by atoms with E-state index in [-0.39, 0.29) is 5.56 Å². The maximum Gasteiger partial charge on any atom is 0.271 e. The highest BCUT2D eigenvalue weighted by atomic mass is 35.5. The zero-order valence-corrected chi connectivity index (χ0v) is 14.9. The number of hydrogen-bond acceptors (Lipinski definition) is 5. The SMILES string of the molecule is O=C(Nc1cnn(Cc2cccc(Cl)c2)c1)c1cnc2sccn2c1=O. The van der Waals surface area contributed by atoms with Gasteiger partial charge in [0.25, 0.3) is 11.5 Å². The summed E-state index contributed by atoms with van der Waals surface area (Å²) in [5, 5.41) is 9.28. The van der Waals surface area contributed by atoms with Crippen molar-refractivity contribution in [3.05, 3.63) is 80.9 Å². The highest BCUT2D eigenvalue weighted by Crippen LogP contribution is 2.13. The van der Waals surface area contributed by atoms with Gasteiger partial charge in [0.15, 0.2) is 4.96 Å². The van der Waals surface area contributed by atoms with E-state index in [0.29, 0.717) is 22.2 Å². The Morgan fingerprint density at radius 2 is 2.19 bits per heavy atom. The van der Waals surface area contributed by atoms with Gasteiger partial charge in [-0.15, -0.1) is 11.3 Å². The molecule has 0 saturated heterocycles. The number of nitrogens with zero attached hydrogens (tertiary/aromatic N) is 4. The fourth-order valence-corrected chi connectivity index (χ4v) is 3.40. The van der Waals surface area contributed by atoms with Gasteiger partial charge < -0.3 is 5.32 Å². The molecule has 1 N–H and O–H groups in total. The molecule has 26 heavy (non-hydrogen) atoms. The number of carbonyl (C=O) groups is 1. The Balaban J connectivity index is 1.52. The Morgan fingerprint density at radius 1 is 1.31 bits per heavy atom. The molecule has 0 fully saturated rings. The summed E-state index contributed by atoms with van der Waals surface area (Å²) in [6.07, 6.45) is 6.10.